The van der Waals surface area contributed by atoms with Gasteiger partial charge in [0.25, 0.3) is 11.9 Å². The quantitative estimate of drug-likeness (QED) is 0.922. The molecule has 1 N–H and O–H groups in total. The van der Waals surface area contributed by atoms with Gasteiger partial charge in [-0.15, -0.1) is 5.10 Å². The number of anilines is 1. The fourth-order valence-electron chi connectivity index (χ4n) is 1.32. The van der Waals surface area contributed by atoms with Gasteiger partial charge in [0, 0.05) is 5.56 Å². The molecule has 7 nitrogen and oxygen atoms in total. The van der Waals surface area contributed by atoms with Crippen molar-refractivity contribution in [3.8, 4) is 5.75 Å². The van der Waals surface area contributed by atoms with Gasteiger partial charge in [-0.1, -0.05) is 5.10 Å². The van der Waals surface area contributed by atoms with Crippen LogP contribution in [0.15, 0.2) is 22.7 Å². The zero-order chi connectivity index (χ0) is 13.1. The largest absolute Gasteiger partial charge is 0.496 e. The van der Waals surface area contributed by atoms with Gasteiger partial charge in [0.05, 0.1) is 18.6 Å². The summed E-state index contributed by atoms with van der Waals surface area (Å²) >= 11 is 3.31. The number of ether oxygens (including phenoxy) is 1. The minimum Gasteiger partial charge on any atom is -0.496 e. The number of tetrazole rings is 1. The van der Waals surface area contributed by atoms with Gasteiger partial charge in [-0.2, -0.15) is 4.80 Å². The molecule has 0 bridgehead atoms. The first-order valence-electron chi connectivity index (χ1n) is 4.99. The molecule has 2 aromatic rings. The van der Waals surface area contributed by atoms with Crippen LogP contribution in [0.5, 0.6) is 5.75 Å². The van der Waals surface area contributed by atoms with Crippen LogP contribution < -0.4 is 10.1 Å². The van der Waals surface area contributed by atoms with Gasteiger partial charge in [-0.25, -0.2) is 0 Å². The maximum absolute atomic E-state index is 11.9. The lowest BCUT2D eigenvalue weighted by atomic mass is 10.2. The number of methoxy groups -OCH3 is 1. The van der Waals surface area contributed by atoms with Crippen LogP contribution >= 0.6 is 15.9 Å². The van der Waals surface area contributed by atoms with E-state index in [-0.39, 0.29) is 11.9 Å². The molecule has 0 spiro atoms. The van der Waals surface area contributed by atoms with Crippen LogP contribution in [0.25, 0.3) is 0 Å². The Bertz CT molecular complexity index is 583. The molecule has 0 unspecified atom stereocenters. The predicted octanol–water partition coefficient (Wildman–Crippen LogP) is 1.23. The molecule has 1 aromatic heterocycles. The average Bonchev–Trinajstić information content (AvgIpc) is 2.74. The summed E-state index contributed by atoms with van der Waals surface area (Å²) in [5, 5.41) is 13.7. The normalized spacial score (nSPS) is 10.2. The van der Waals surface area contributed by atoms with Crippen LogP contribution in [0.3, 0.4) is 0 Å². The molecule has 18 heavy (non-hydrogen) atoms. The van der Waals surface area contributed by atoms with Crippen LogP contribution in [0.4, 0.5) is 5.95 Å². The Morgan fingerprint density at radius 1 is 1.50 bits per heavy atom. The first-order valence-corrected chi connectivity index (χ1v) is 5.78. The number of hydrogen-bond acceptors (Lipinski definition) is 5. The summed E-state index contributed by atoms with van der Waals surface area (Å²) in [7, 11) is 3.18. The molecule has 0 saturated carbocycles. The first kappa shape index (κ1) is 12.5. The molecule has 8 heteroatoms. The number of carbonyl (C=O) groups is 1. The number of aryl methyl sites for hydroxylation is 1. The fourth-order valence-corrected chi connectivity index (χ4v) is 1.86. The second-order valence-electron chi connectivity index (χ2n) is 3.41. The van der Waals surface area contributed by atoms with Crippen molar-refractivity contribution in [3.05, 3.63) is 28.2 Å². The Balaban J connectivity index is 2.16. The number of benzene rings is 1. The Morgan fingerprint density at radius 3 is 2.83 bits per heavy atom. The van der Waals surface area contributed by atoms with Crippen molar-refractivity contribution in [1.29, 1.82) is 0 Å². The van der Waals surface area contributed by atoms with Gasteiger partial charge in [0.1, 0.15) is 5.75 Å². The SMILES string of the molecule is COc1ccc(C(=O)Nc2nnn(C)n2)cc1Br. The van der Waals surface area contributed by atoms with Crippen molar-refractivity contribution in [1.82, 2.24) is 20.2 Å². The zero-order valence-electron chi connectivity index (χ0n) is 9.72. The minimum absolute atomic E-state index is 0.162. The molecule has 0 aliphatic rings. The number of hydrogen-bond donors (Lipinski definition) is 1. The Hall–Kier alpha value is -1.96. The Labute approximate surface area is 111 Å². The van der Waals surface area contributed by atoms with E-state index in [0.29, 0.717) is 15.8 Å². The van der Waals surface area contributed by atoms with Gasteiger partial charge in [0.2, 0.25) is 0 Å². The van der Waals surface area contributed by atoms with Gasteiger partial charge in [-0.3, -0.25) is 10.1 Å². The third-order valence-corrected chi connectivity index (χ3v) is 2.77. The second-order valence-corrected chi connectivity index (χ2v) is 4.26. The monoisotopic (exact) mass is 311 g/mol. The molecular formula is C10H10BrN5O2. The van der Waals surface area contributed by atoms with Crippen molar-refractivity contribution in [2.24, 2.45) is 7.05 Å². The highest BCUT2D eigenvalue weighted by atomic mass is 79.9. The van der Waals surface area contributed by atoms with E-state index in [1.54, 1.807) is 32.4 Å². The number of halogens is 1. The zero-order valence-corrected chi connectivity index (χ0v) is 11.3. The molecule has 94 valence electrons. The van der Waals surface area contributed by atoms with Crippen LogP contribution in [0, 0.1) is 0 Å². The second kappa shape index (κ2) is 5.13. The molecule has 0 aliphatic heterocycles. The van der Waals surface area contributed by atoms with Gasteiger partial charge < -0.3 is 4.74 Å². The van der Waals surface area contributed by atoms with E-state index in [2.05, 4.69) is 36.7 Å². The van der Waals surface area contributed by atoms with E-state index in [4.69, 9.17) is 4.74 Å². The maximum Gasteiger partial charge on any atom is 0.270 e. The number of nitrogens with zero attached hydrogens (tertiary/aromatic N) is 4. The summed E-state index contributed by atoms with van der Waals surface area (Å²) in [6, 6.07) is 5.00. The van der Waals surface area contributed by atoms with E-state index in [1.807, 2.05) is 0 Å². The van der Waals surface area contributed by atoms with Crippen LogP contribution in [0.1, 0.15) is 10.4 Å². The average molecular weight is 312 g/mol. The van der Waals surface area contributed by atoms with Crippen molar-refractivity contribution in [2.45, 2.75) is 0 Å². The first-order chi connectivity index (χ1) is 8.60. The van der Waals surface area contributed by atoms with Crippen LogP contribution in [-0.4, -0.2) is 33.2 Å². The van der Waals surface area contributed by atoms with E-state index < -0.39 is 0 Å². The van der Waals surface area contributed by atoms with Gasteiger partial charge in [-0.05, 0) is 39.3 Å². The van der Waals surface area contributed by atoms with Crippen LogP contribution in [0.2, 0.25) is 0 Å². The predicted molar refractivity (Wildman–Crippen MR) is 67.4 cm³/mol. The van der Waals surface area contributed by atoms with E-state index in [0.717, 1.165) is 0 Å². The summed E-state index contributed by atoms with van der Waals surface area (Å²) in [5.41, 5.74) is 0.468. The molecule has 0 aliphatic carbocycles. The molecule has 0 fully saturated rings. The summed E-state index contributed by atoms with van der Waals surface area (Å²) < 4.78 is 5.78. The minimum atomic E-state index is -0.314. The highest BCUT2D eigenvalue weighted by Crippen LogP contribution is 2.25. The number of amides is 1. The summed E-state index contributed by atoms with van der Waals surface area (Å²) in [5.74, 6) is 0.505. The van der Waals surface area contributed by atoms with Crippen molar-refractivity contribution in [3.63, 3.8) is 0 Å². The summed E-state index contributed by atoms with van der Waals surface area (Å²) in [4.78, 5) is 13.1. The Morgan fingerprint density at radius 2 is 2.28 bits per heavy atom. The number of carbonyl (C=O) groups excluding carboxylic acids is 1. The third kappa shape index (κ3) is 2.65. The molecule has 1 amide bonds. The van der Waals surface area contributed by atoms with Gasteiger partial charge in [0.15, 0.2) is 0 Å². The van der Waals surface area contributed by atoms with Crippen molar-refractivity contribution >= 4 is 27.8 Å². The van der Waals surface area contributed by atoms with Crippen LogP contribution in [-0.2, 0) is 7.05 Å². The molecule has 0 atom stereocenters. The van der Waals surface area contributed by atoms with E-state index >= 15 is 0 Å². The number of aromatic nitrogens is 4. The maximum atomic E-state index is 11.9. The van der Waals surface area contributed by atoms with E-state index in [1.165, 1.54) is 4.80 Å². The molecule has 2 rings (SSSR count). The van der Waals surface area contributed by atoms with Crippen molar-refractivity contribution in [2.75, 3.05) is 12.4 Å². The molecule has 0 saturated heterocycles. The Kier molecular flexibility index (Phi) is 3.56. The number of rotatable bonds is 3. The smallest absolute Gasteiger partial charge is 0.270 e. The standard InChI is InChI=1S/C10H10BrN5O2/c1-16-14-10(13-15-16)12-9(17)6-3-4-8(18-2)7(11)5-6/h3-5H,1-2H3,(H,12,14,17). The summed E-state index contributed by atoms with van der Waals surface area (Å²) in [6.07, 6.45) is 0. The topological polar surface area (TPSA) is 81.9 Å². The molecule has 1 aromatic carbocycles. The summed E-state index contributed by atoms with van der Waals surface area (Å²) in [6.45, 7) is 0. The third-order valence-electron chi connectivity index (χ3n) is 2.15. The highest BCUT2D eigenvalue weighted by Gasteiger charge is 2.11. The van der Waals surface area contributed by atoms with Crippen molar-refractivity contribution < 1.29 is 9.53 Å². The molecular weight excluding hydrogens is 302 g/mol. The van der Waals surface area contributed by atoms with Gasteiger partial charge >= 0.3 is 0 Å². The lowest BCUT2D eigenvalue weighted by Crippen LogP contribution is -2.13. The highest BCUT2D eigenvalue weighted by molar-refractivity contribution is 9.10. The lowest BCUT2D eigenvalue weighted by molar-refractivity contribution is 0.102. The molecule has 0 radical (unpaired) electrons. The lowest BCUT2D eigenvalue weighted by Gasteiger charge is -2.05. The number of nitrogens with one attached hydrogen (secondary N) is 1. The molecule has 1 heterocycles. The van der Waals surface area contributed by atoms with E-state index in [9.17, 15) is 4.79 Å². The fraction of sp³-hybridized carbons (Fsp3) is 0.200.